The minimum atomic E-state index is -3.81. The van der Waals surface area contributed by atoms with Crippen LogP contribution in [0.1, 0.15) is 31.9 Å². The highest BCUT2D eigenvalue weighted by molar-refractivity contribution is 7.89. The van der Waals surface area contributed by atoms with E-state index < -0.39 is 16.1 Å². The number of aromatic nitrogens is 1. The second-order valence-corrected chi connectivity index (χ2v) is 9.31. The number of hydrogen-bond donors (Lipinski definition) is 1. The molecule has 3 aromatic rings. The lowest BCUT2D eigenvalue weighted by atomic mass is 10.1. The highest BCUT2D eigenvalue weighted by Crippen LogP contribution is 2.30. The SMILES string of the molecule is CCCn1c(=O)sc2cc(S(=O)(=O)N[C@@H](C)c3cc(OC)ccc3OC)ccc21. The van der Waals surface area contributed by atoms with E-state index in [0.29, 0.717) is 28.3 Å². The van der Waals surface area contributed by atoms with Crippen LogP contribution in [0.3, 0.4) is 0 Å². The van der Waals surface area contributed by atoms with Crippen LogP contribution in [0.25, 0.3) is 10.2 Å². The molecule has 0 aliphatic rings. The molecule has 0 bridgehead atoms. The van der Waals surface area contributed by atoms with E-state index in [0.717, 1.165) is 23.3 Å². The van der Waals surface area contributed by atoms with Gasteiger partial charge in [0, 0.05) is 18.2 Å². The summed E-state index contributed by atoms with van der Waals surface area (Å²) in [6, 6.07) is 9.44. The normalized spacial score (nSPS) is 12.8. The summed E-state index contributed by atoms with van der Waals surface area (Å²) in [5.41, 5.74) is 1.42. The number of fused-ring (bicyclic) bond motifs is 1. The Bertz CT molecular complexity index is 1180. The van der Waals surface area contributed by atoms with Crippen LogP contribution in [0, 0.1) is 0 Å². The molecule has 2 aromatic carbocycles. The number of nitrogens with zero attached hydrogens (tertiary/aromatic N) is 1. The molecule has 0 spiro atoms. The fourth-order valence-electron chi connectivity index (χ4n) is 3.19. The standard InChI is InChI=1S/C20H24N2O5S2/c1-5-10-22-17-8-7-15(12-19(17)28-20(22)23)29(24,25)21-13(2)16-11-14(26-3)6-9-18(16)27-4/h6-9,11-13,21H,5,10H2,1-4H3/t13-/m0/s1. The first-order chi connectivity index (χ1) is 13.8. The van der Waals surface area contributed by atoms with Gasteiger partial charge in [0.2, 0.25) is 10.0 Å². The number of sulfonamides is 1. The van der Waals surface area contributed by atoms with Crippen LogP contribution in [0.4, 0.5) is 0 Å². The summed E-state index contributed by atoms with van der Waals surface area (Å²) in [5.74, 6) is 1.17. The van der Waals surface area contributed by atoms with Crippen molar-refractivity contribution in [2.75, 3.05) is 14.2 Å². The van der Waals surface area contributed by atoms with Gasteiger partial charge in [-0.15, -0.1) is 0 Å². The minimum absolute atomic E-state index is 0.0844. The number of methoxy groups -OCH3 is 2. The molecule has 0 aliphatic heterocycles. The second kappa shape index (κ2) is 8.56. The molecule has 1 heterocycles. The smallest absolute Gasteiger partial charge is 0.308 e. The van der Waals surface area contributed by atoms with Crippen LogP contribution in [0.15, 0.2) is 46.1 Å². The molecule has 9 heteroatoms. The monoisotopic (exact) mass is 436 g/mol. The number of ether oxygens (including phenoxy) is 2. The quantitative estimate of drug-likeness (QED) is 0.584. The first-order valence-electron chi connectivity index (χ1n) is 9.18. The molecule has 0 saturated carbocycles. The predicted molar refractivity (Wildman–Crippen MR) is 115 cm³/mol. The van der Waals surface area contributed by atoms with Gasteiger partial charge in [0.25, 0.3) is 0 Å². The number of aryl methyl sites for hydroxylation is 1. The van der Waals surface area contributed by atoms with Gasteiger partial charge in [0.15, 0.2) is 0 Å². The largest absolute Gasteiger partial charge is 0.497 e. The molecule has 1 N–H and O–H groups in total. The number of nitrogens with one attached hydrogen (secondary N) is 1. The third-order valence-corrected chi connectivity index (χ3v) is 7.11. The fourth-order valence-corrected chi connectivity index (χ4v) is 5.47. The lowest BCUT2D eigenvalue weighted by Gasteiger charge is -2.18. The molecular formula is C20H24N2O5S2. The van der Waals surface area contributed by atoms with Crippen molar-refractivity contribution >= 4 is 31.6 Å². The molecule has 1 atom stereocenters. The van der Waals surface area contributed by atoms with Crippen molar-refractivity contribution in [2.45, 2.75) is 37.8 Å². The van der Waals surface area contributed by atoms with E-state index in [1.165, 1.54) is 13.2 Å². The lowest BCUT2D eigenvalue weighted by molar-refractivity contribution is 0.395. The van der Waals surface area contributed by atoms with Gasteiger partial charge in [-0.2, -0.15) is 0 Å². The van der Waals surface area contributed by atoms with Crippen LogP contribution in [0.2, 0.25) is 0 Å². The van der Waals surface area contributed by atoms with Gasteiger partial charge < -0.3 is 9.47 Å². The molecule has 156 valence electrons. The Labute approximate surface area is 173 Å². The van der Waals surface area contributed by atoms with Crippen LogP contribution in [-0.2, 0) is 16.6 Å². The molecule has 0 fully saturated rings. The molecule has 0 saturated heterocycles. The van der Waals surface area contributed by atoms with Crippen LogP contribution in [0.5, 0.6) is 11.5 Å². The zero-order valence-corrected chi connectivity index (χ0v) is 18.4. The minimum Gasteiger partial charge on any atom is -0.497 e. The molecular weight excluding hydrogens is 412 g/mol. The van der Waals surface area contributed by atoms with Gasteiger partial charge >= 0.3 is 4.87 Å². The maximum absolute atomic E-state index is 13.0. The van der Waals surface area contributed by atoms with Crippen molar-refractivity contribution < 1.29 is 17.9 Å². The number of hydrogen-bond acceptors (Lipinski definition) is 6. The van der Waals surface area contributed by atoms with Gasteiger partial charge in [-0.25, -0.2) is 13.1 Å². The highest BCUT2D eigenvalue weighted by Gasteiger charge is 2.22. The lowest BCUT2D eigenvalue weighted by Crippen LogP contribution is -2.27. The zero-order valence-electron chi connectivity index (χ0n) is 16.8. The number of rotatable bonds is 8. The van der Waals surface area contributed by atoms with Crippen molar-refractivity contribution in [1.82, 2.24) is 9.29 Å². The summed E-state index contributed by atoms with van der Waals surface area (Å²) in [6.45, 7) is 4.34. The van der Waals surface area contributed by atoms with E-state index in [1.807, 2.05) is 6.92 Å². The summed E-state index contributed by atoms with van der Waals surface area (Å²) in [4.78, 5) is 12.2. The Balaban J connectivity index is 1.94. The summed E-state index contributed by atoms with van der Waals surface area (Å²) in [5, 5.41) is 0. The second-order valence-electron chi connectivity index (χ2n) is 6.60. The Kier molecular flexibility index (Phi) is 6.30. The van der Waals surface area contributed by atoms with Gasteiger partial charge in [-0.05, 0) is 49.7 Å². The summed E-state index contributed by atoms with van der Waals surface area (Å²) >= 11 is 1.05. The van der Waals surface area contributed by atoms with Gasteiger partial charge in [0.1, 0.15) is 11.5 Å². The maximum Gasteiger partial charge on any atom is 0.308 e. The van der Waals surface area contributed by atoms with Crippen LogP contribution >= 0.6 is 11.3 Å². The Morgan fingerprint density at radius 1 is 1.14 bits per heavy atom. The van der Waals surface area contributed by atoms with E-state index >= 15 is 0 Å². The average Bonchev–Trinajstić information content (AvgIpc) is 3.02. The third kappa shape index (κ3) is 4.31. The first kappa shape index (κ1) is 21.4. The average molecular weight is 437 g/mol. The summed E-state index contributed by atoms with van der Waals surface area (Å²) in [7, 11) is -0.732. The van der Waals surface area contributed by atoms with Crippen molar-refractivity contribution in [1.29, 1.82) is 0 Å². The molecule has 0 aliphatic carbocycles. The van der Waals surface area contributed by atoms with E-state index in [4.69, 9.17) is 9.47 Å². The third-order valence-electron chi connectivity index (χ3n) is 4.63. The molecule has 0 radical (unpaired) electrons. The molecule has 3 rings (SSSR count). The summed E-state index contributed by atoms with van der Waals surface area (Å²) in [6.07, 6.45) is 0.827. The fraction of sp³-hybridized carbons (Fsp3) is 0.350. The Morgan fingerprint density at radius 3 is 2.55 bits per heavy atom. The van der Waals surface area contributed by atoms with E-state index in [9.17, 15) is 13.2 Å². The van der Waals surface area contributed by atoms with Crippen molar-refractivity contribution in [2.24, 2.45) is 0 Å². The highest BCUT2D eigenvalue weighted by atomic mass is 32.2. The molecule has 7 nitrogen and oxygen atoms in total. The molecule has 1 aromatic heterocycles. The molecule has 0 unspecified atom stereocenters. The van der Waals surface area contributed by atoms with Crippen LogP contribution in [-0.4, -0.2) is 27.2 Å². The van der Waals surface area contributed by atoms with E-state index in [-0.39, 0.29) is 9.77 Å². The van der Waals surface area contributed by atoms with Crippen LogP contribution < -0.4 is 19.1 Å². The topological polar surface area (TPSA) is 86.6 Å². The van der Waals surface area contributed by atoms with E-state index in [2.05, 4.69) is 4.72 Å². The van der Waals surface area contributed by atoms with Gasteiger partial charge in [0.05, 0.1) is 29.3 Å². The first-order valence-corrected chi connectivity index (χ1v) is 11.5. The molecule has 0 amide bonds. The predicted octanol–water partition coefficient (Wildman–Crippen LogP) is 3.53. The van der Waals surface area contributed by atoms with E-state index in [1.54, 1.807) is 48.9 Å². The Hall–Kier alpha value is -2.36. The van der Waals surface area contributed by atoms with Crippen molar-refractivity contribution in [3.05, 3.63) is 51.6 Å². The van der Waals surface area contributed by atoms with Crippen molar-refractivity contribution in [3.8, 4) is 11.5 Å². The van der Waals surface area contributed by atoms with Gasteiger partial charge in [-0.1, -0.05) is 18.3 Å². The Morgan fingerprint density at radius 2 is 1.90 bits per heavy atom. The number of thiazole rings is 1. The zero-order chi connectivity index (χ0) is 21.2. The molecule has 29 heavy (non-hydrogen) atoms. The maximum atomic E-state index is 13.0. The van der Waals surface area contributed by atoms with Crippen molar-refractivity contribution in [3.63, 3.8) is 0 Å². The summed E-state index contributed by atoms with van der Waals surface area (Å²) < 4.78 is 41.5. The van der Waals surface area contributed by atoms with Gasteiger partial charge in [-0.3, -0.25) is 9.36 Å². The number of benzene rings is 2.